The van der Waals surface area contributed by atoms with Crippen LogP contribution in [0.4, 0.5) is 5.69 Å². The molecule has 0 spiro atoms. The number of nitrogens with zero attached hydrogens (tertiary/aromatic N) is 2. The lowest BCUT2D eigenvalue weighted by Gasteiger charge is -2.38. The van der Waals surface area contributed by atoms with E-state index in [1.54, 1.807) is 11.8 Å². The predicted molar refractivity (Wildman–Crippen MR) is 98.8 cm³/mol. The molecule has 2 aliphatic rings. The van der Waals surface area contributed by atoms with Crippen molar-refractivity contribution < 1.29 is 0 Å². The number of hydrogen-bond donors (Lipinski definition) is 1. The van der Waals surface area contributed by atoms with Gasteiger partial charge in [0.2, 0.25) is 0 Å². The molecule has 122 valence electrons. The van der Waals surface area contributed by atoms with Crippen LogP contribution in [0, 0.1) is 23.2 Å². The topological polar surface area (TPSA) is 48.2 Å². The van der Waals surface area contributed by atoms with Crippen molar-refractivity contribution in [3.05, 3.63) is 29.8 Å². The second kappa shape index (κ2) is 7.88. The zero-order valence-corrected chi connectivity index (χ0v) is 14.6. The highest BCUT2D eigenvalue weighted by Crippen LogP contribution is 2.41. The van der Waals surface area contributed by atoms with Crippen LogP contribution in [-0.2, 0) is 0 Å². The smallest absolute Gasteiger partial charge is 0.161 e. The molecule has 0 heterocycles. The Morgan fingerprint density at radius 1 is 1.13 bits per heavy atom. The maximum Gasteiger partial charge on any atom is 0.161 e. The van der Waals surface area contributed by atoms with Gasteiger partial charge in [-0.25, -0.2) is 0 Å². The van der Waals surface area contributed by atoms with Gasteiger partial charge in [-0.3, -0.25) is 4.99 Å². The Morgan fingerprint density at radius 3 is 2.57 bits per heavy atom. The molecule has 0 aliphatic heterocycles. The van der Waals surface area contributed by atoms with Crippen LogP contribution in [0.25, 0.3) is 0 Å². The van der Waals surface area contributed by atoms with Crippen LogP contribution in [0.2, 0.25) is 0 Å². The fraction of sp³-hybridized carbons (Fsp3) is 0.579. The molecule has 3 nitrogen and oxygen atoms in total. The van der Waals surface area contributed by atoms with Crippen molar-refractivity contribution in [1.82, 2.24) is 0 Å². The first-order valence-corrected chi connectivity index (χ1v) is 9.90. The van der Waals surface area contributed by atoms with Crippen molar-refractivity contribution >= 4 is 22.6 Å². The summed E-state index contributed by atoms with van der Waals surface area (Å²) in [7, 11) is 0. The third-order valence-corrected chi connectivity index (χ3v) is 5.86. The molecule has 2 fully saturated rings. The molecule has 1 N–H and O–H groups in total. The maximum absolute atomic E-state index is 8.87. The van der Waals surface area contributed by atoms with E-state index in [0.29, 0.717) is 11.6 Å². The Morgan fingerprint density at radius 2 is 1.87 bits per heavy atom. The van der Waals surface area contributed by atoms with Gasteiger partial charge in [-0.15, -0.1) is 0 Å². The second-order valence-electron chi connectivity index (χ2n) is 6.72. The van der Waals surface area contributed by atoms with E-state index in [1.165, 1.54) is 44.9 Å². The van der Waals surface area contributed by atoms with Gasteiger partial charge in [0.1, 0.15) is 0 Å². The van der Waals surface area contributed by atoms with Crippen molar-refractivity contribution in [3.8, 4) is 6.07 Å². The molecule has 2 aliphatic carbocycles. The van der Waals surface area contributed by atoms with E-state index in [-0.39, 0.29) is 0 Å². The van der Waals surface area contributed by atoms with Crippen LogP contribution in [-0.4, -0.2) is 17.5 Å². The second-order valence-corrected chi connectivity index (χ2v) is 7.52. The van der Waals surface area contributed by atoms with Gasteiger partial charge in [0.05, 0.1) is 17.7 Å². The van der Waals surface area contributed by atoms with Crippen LogP contribution in [0.15, 0.2) is 29.3 Å². The third kappa shape index (κ3) is 4.29. The molecular formula is C19H25N3S. The summed E-state index contributed by atoms with van der Waals surface area (Å²) < 4.78 is 0. The quantitative estimate of drug-likeness (QED) is 0.611. The van der Waals surface area contributed by atoms with Gasteiger partial charge in [-0.2, -0.15) is 5.26 Å². The van der Waals surface area contributed by atoms with Crippen molar-refractivity contribution in [2.45, 2.75) is 51.0 Å². The van der Waals surface area contributed by atoms with Crippen LogP contribution in [0.3, 0.4) is 0 Å². The third-order valence-electron chi connectivity index (χ3n) is 5.27. The van der Waals surface area contributed by atoms with Crippen molar-refractivity contribution in [1.29, 1.82) is 5.26 Å². The molecule has 2 saturated carbocycles. The lowest BCUT2D eigenvalue weighted by atomic mass is 9.69. The van der Waals surface area contributed by atoms with Crippen LogP contribution in [0.1, 0.15) is 50.5 Å². The van der Waals surface area contributed by atoms with E-state index in [2.05, 4.69) is 17.6 Å². The largest absolute Gasteiger partial charge is 0.335 e. The van der Waals surface area contributed by atoms with E-state index >= 15 is 0 Å². The molecule has 0 amide bonds. The standard InChI is InChI=1S/C19H25N3S/c1-23-19(21-17-9-6-14(13-20)7-10-17)22-18-11-8-15-4-2-3-5-16(15)12-18/h6-7,9-10,15-16,18H,2-5,8,11-12H2,1H3,(H,21,22). The highest BCUT2D eigenvalue weighted by atomic mass is 32.2. The number of nitrogens with one attached hydrogen (secondary N) is 1. The number of anilines is 1. The number of thioether (sulfide) groups is 1. The van der Waals surface area contributed by atoms with Gasteiger partial charge in [0.25, 0.3) is 0 Å². The average molecular weight is 327 g/mol. The molecule has 3 rings (SSSR count). The first-order valence-electron chi connectivity index (χ1n) is 8.67. The van der Waals surface area contributed by atoms with E-state index in [1.807, 2.05) is 24.3 Å². The Hall–Kier alpha value is -1.47. The van der Waals surface area contributed by atoms with Crippen molar-refractivity contribution in [3.63, 3.8) is 0 Å². The molecule has 1 aromatic carbocycles. The summed E-state index contributed by atoms with van der Waals surface area (Å²) in [5.74, 6) is 1.88. The zero-order valence-electron chi connectivity index (χ0n) is 13.8. The lowest BCUT2D eigenvalue weighted by molar-refractivity contribution is 0.157. The summed E-state index contributed by atoms with van der Waals surface area (Å²) in [6.45, 7) is 0. The summed E-state index contributed by atoms with van der Waals surface area (Å²) in [5, 5.41) is 13.3. The number of nitriles is 1. The highest BCUT2D eigenvalue weighted by molar-refractivity contribution is 8.13. The first-order chi connectivity index (χ1) is 11.3. The van der Waals surface area contributed by atoms with E-state index in [4.69, 9.17) is 10.3 Å². The molecule has 3 unspecified atom stereocenters. The van der Waals surface area contributed by atoms with Gasteiger partial charge < -0.3 is 5.32 Å². The molecule has 4 heteroatoms. The summed E-state index contributed by atoms with van der Waals surface area (Å²) in [4.78, 5) is 4.99. The molecule has 0 radical (unpaired) electrons. The van der Waals surface area contributed by atoms with Gasteiger partial charge >= 0.3 is 0 Å². The van der Waals surface area contributed by atoms with Crippen molar-refractivity contribution in [2.24, 2.45) is 16.8 Å². The highest BCUT2D eigenvalue weighted by Gasteiger charge is 2.32. The fourth-order valence-electron chi connectivity index (χ4n) is 4.02. The minimum atomic E-state index is 0.475. The Kier molecular flexibility index (Phi) is 5.61. The van der Waals surface area contributed by atoms with Crippen molar-refractivity contribution in [2.75, 3.05) is 11.6 Å². The first kappa shape index (κ1) is 16.4. The van der Waals surface area contributed by atoms with E-state index in [9.17, 15) is 0 Å². The molecule has 23 heavy (non-hydrogen) atoms. The number of rotatable bonds is 2. The zero-order chi connectivity index (χ0) is 16.1. The number of benzene rings is 1. The summed E-state index contributed by atoms with van der Waals surface area (Å²) >= 11 is 1.67. The minimum Gasteiger partial charge on any atom is -0.335 e. The number of amidine groups is 1. The van der Waals surface area contributed by atoms with E-state index in [0.717, 1.165) is 22.7 Å². The fourth-order valence-corrected chi connectivity index (χ4v) is 4.49. The normalized spacial score (nSPS) is 27.8. The Balaban J connectivity index is 1.62. The number of fused-ring (bicyclic) bond motifs is 1. The summed E-state index contributed by atoms with van der Waals surface area (Å²) in [5.41, 5.74) is 1.69. The van der Waals surface area contributed by atoms with Gasteiger partial charge in [-0.1, -0.05) is 37.4 Å². The monoisotopic (exact) mass is 327 g/mol. The molecular weight excluding hydrogens is 302 g/mol. The van der Waals surface area contributed by atoms with Gasteiger partial charge in [0, 0.05) is 5.69 Å². The number of aliphatic imine (C=N–C) groups is 1. The summed E-state index contributed by atoms with van der Waals surface area (Å²) in [6, 6.07) is 10.2. The van der Waals surface area contributed by atoms with Crippen LogP contribution in [0.5, 0.6) is 0 Å². The number of hydrogen-bond acceptors (Lipinski definition) is 3. The lowest BCUT2D eigenvalue weighted by Crippen LogP contribution is -2.30. The maximum atomic E-state index is 8.87. The Bertz CT molecular complexity index is 588. The minimum absolute atomic E-state index is 0.475. The summed E-state index contributed by atoms with van der Waals surface area (Å²) in [6.07, 6.45) is 11.6. The predicted octanol–water partition coefficient (Wildman–Crippen LogP) is 5.05. The van der Waals surface area contributed by atoms with Gasteiger partial charge in [0.15, 0.2) is 5.17 Å². The molecule has 3 atom stereocenters. The molecule has 0 bridgehead atoms. The SMILES string of the molecule is CSC(=NC1CCC2CCCCC2C1)Nc1ccc(C#N)cc1. The molecule has 0 saturated heterocycles. The van der Waals surface area contributed by atoms with E-state index < -0.39 is 0 Å². The average Bonchev–Trinajstić information content (AvgIpc) is 2.61. The molecule has 0 aromatic heterocycles. The van der Waals surface area contributed by atoms with Crippen LogP contribution < -0.4 is 5.32 Å². The van der Waals surface area contributed by atoms with Gasteiger partial charge in [-0.05, 0) is 61.6 Å². The Labute approximate surface area is 143 Å². The van der Waals surface area contributed by atoms with Crippen LogP contribution >= 0.6 is 11.8 Å². The molecule has 1 aromatic rings.